The van der Waals surface area contributed by atoms with Gasteiger partial charge in [0.05, 0.1) is 24.6 Å². The second kappa shape index (κ2) is 18.6. The monoisotopic (exact) mass is 731 g/mol. The van der Waals surface area contributed by atoms with Crippen LogP contribution in [0.2, 0.25) is 0 Å². The second-order valence-electron chi connectivity index (χ2n) is 14.4. The summed E-state index contributed by atoms with van der Waals surface area (Å²) in [4.78, 5) is 29.8. The standard InChI is InChI=1S/C42H51F2N3O6/c43-33-15-17-36(41(44)40(33)32(28-11-7-6-8-12-28)25-39(51)53-37-27-47-22-19-29(37)20-23-47)52-24-10-5-3-1-2-4-9-21-45-26-35(49)30-13-16-34(48)42-31(30)14-18-38(50)46-42/h6-8,11-18,29,32,35,37,45,48-49H,1-5,9-10,19-27H2,(H,46,50)/t32?,35-,37-/m0/s1. The first-order valence-corrected chi connectivity index (χ1v) is 19.1. The summed E-state index contributed by atoms with van der Waals surface area (Å²) in [6, 6.07) is 17.7. The molecule has 4 N–H and O–H groups in total. The number of H-pyrrole nitrogens is 1. The lowest BCUT2D eigenvalue weighted by Crippen LogP contribution is -2.52. The number of fused-ring (bicyclic) bond motifs is 4. The average Bonchev–Trinajstić information content (AvgIpc) is 3.16. The topological polar surface area (TPSA) is 124 Å². The van der Waals surface area contributed by atoms with Crippen molar-refractivity contribution in [3.63, 3.8) is 0 Å². The number of carbonyl (C=O) groups excluding carboxylic acids is 1. The van der Waals surface area contributed by atoms with Crippen LogP contribution in [0.25, 0.3) is 10.9 Å². The van der Waals surface area contributed by atoms with Gasteiger partial charge in [0.2, 0.25) is 5.56 Å². The van der Waals surface area contributed by atoms with Gasteiger partial charge in [-0.1, -0.05) is 68.5 Å². The molecule has 1 aromatic heterocycles. The van der Waals surface area contributed by atoms with E-state index in [2.05, 4.69) is 15.2 Å². The van der Waals surface area contributed by atoms with E-state index >= 15 is 8.78 Å². The number of unbranched alkanes of at least 4 members (excludes halogenated alkanes) is 6. The van der Waals surface area contributed by atoms with E-state index in [1.165, 1.54) is 24.3 Å². The highest BCUT2D eigenvalue weighted by atomic mass is 19.1. The van der Waals surface area contributed by atoms with E-state index in [9.17, 15) is 19.8 Å². The predicted molar refractivity (Wildman–Crippen MR) is 200 cm³/mol. The SMILES string of the molecule is O=C(CC(c1ccccc1)c1c(F)ccc(OCCCCCCCCCNC[C@H](O)c2ccc(O)c3[nH]c(=O)ccc23)c1F)O[C@H]1CN2CCC1CC2. The van der Waals surface area contributed by atoms with Gasteiger partial charge in [-0.05, 0) is 86.6 Å². The zero-order valence-electron chi connectivity index (χ0n) is 30.2. The Hall–Kier alpha value is -4.32. The van der Waals surface area contributed by atoms with Crippen LogP contribution >= 0.6 is 0 Å². The second-order valence-corrected chi connectivity index (χ2v) is 14.4. The van der Waals surface area contributed by atoms with Crippen LogP contribution in [-0.2, 0) is 9.53 Å². The molecule has 0 saturated carbocycles. The Kier molecular flexibility index (Phi) is 13.5. The molecule has 3 fully saturated rings. The molecule has 9 nitrogen and oxygen atoms in total. The molecular weight excluding hydrogens is 680 g/mol. The molecule has 53 heavy (non-hydrogen) atoms. The predicted octanol–water partition coefficient (Wildman–Crippen LogP) is 7.10. The van der Waals surface area contributed by atoms with E-state index in [1.54, 1.807) is 36.4 Å². The first-order chi connectivity index (χ1) is 25.8. The van der Waals surface area contributed by atoms with E-state index in [-0.39, 0.29) is 35.1 Å². The number of hydrogen-bond donors (Lipinski definition) is 4. The summed E-state index contributed by atoms with van der Waals surface area (Å²) >= 11 is 0. The molecule has 2 bridgehead atoms. The minimum atomic E-state index is -0.846. The molecule has 7 rings (SSSR count). The lowest BCUT2D eigenvalue weighted by Gasteiger charge is -2.44. The Morgan fingerprint density at radius 3 is 2.40 bits per heavy atom. The number of halogens is 2. The number of aliphatic hydroxyl groups is 1. The van der Waals surface area contributed by atoms with Crippen molar-refractivity contribution in [2.45, 2.75) is 82.3 Å². The number of nitrogens with zero attached hydrogens (tertiary/aromatic N) is 1. The first kappa shape index (κ1) is 38.4. The molecule has 11 heteroatoms. The van der Waals surface area contributed by atoms with E-state index in [0.717, 1.165) is 84.0 Å². The lowest BCUT2D eigenvalue weighted by molar-refractivity contribution is -0.159. The lowest BCUT2D eigenvalue weighted by atomic mass is 9.85. The highest BCUT2D eigenvalue weighted by molar-refractivity contribution is 5.87. The zero-order valence-corrected chi connectivity index (χ0v) is 30.2. The van der Waals surface area contributed by atoms with Crippen molar-refractivity contribution in [1.82, 2.24) is 15.2 Å². The highest BCUT2D eigenvalue weighted by Gasteiger charge is 2.37. The summed E-state index contributed by atoms with van der Waals surface area (Å²) in [6.45, 7) is 4.19. The van der Waals surface area contributed by atoms with Gasteiger partial charge < -0.3 is 30.0 Å². The molecule has 3 saturated heterocycles. The molecule has 0 spiro atoms. The fraction of sp³-hybridized carbons (Fsp3) is 0.476. The summed E-state index contributed by atoms with van der Waals surface area (Å²) in [5, 5.41) is 24.7. The maximum absolute atomic E-state index is 16.0. The van der Waals surface area contributed by atoms with E-state index in [0.29, 0.717) is 41.1 Å². The number of piperidine rings is 3. The maximum atomic E-state index is 16.0. The number of aromatic hydroxyl groups is 1. The number of phenolic OH excluding ortho intramolecular Hbond substituents is 1. The molecule has 4 aromatic rings. The van der Waals surface area contributed by atoms with E-state index in [1.807, 2.05) is 6.07 Å². The van der Waals surface area contributed by atoms with Crippen molar-refractivity contribution in [2.75, 3.05) is 39.3 Å². The van der Waals surface area contributed by atoms with E-state index in [4.69, 9.17) is 9.47 Å². The van der Waals surface area contributed by atoms with Crippen molar-refractivity contribution in [3.05, 3.63) is 105 Å². The minimum Gasteiger partial charge on any atom is -0.506 e. The first-order valence-electron chi connectivity index (χ1n) is 19.1. The quantitative estimate of drug-likeness (QED) is 0.0595. The smallest absolute Gasteiger partial charge is 0.307 e. The summed E-state index contributed by atoms with van der Waals surface area (Å²) in [5.74, 6) is -2.49. The Morgan fingerprint density at radius 1 is 0.925 bits per heavy atom. The fourth-order valence-electron chi connectivity index (χ4n) is 7.80. The van der Waals surface area contributed by atoms with Gasteiger partial charge in [-0.2, -0.15) is 0 Å². The van der Waals surface area contributed by atoms with Crippen LogP contribution in [0, 0.1) is 17.6 Å². The number of ether oxygens (including phenoxy) is 2. The molecule has 0 radical (unpaired) electrons. The van der Waals surface area contributed by atoms with Gasteiger partial charge in [0.15, 0.2) is 11.6 Å². The summed E-state index contributed by atoms with van der Waals surface area (Å²) in [5.41, 5.74) is 1.11. The van der Waals surface area contributed by atoms with Gasteiger partial charge in [0, 0.05) is 36.0 Å². The number of hydrogen-bond acceptors (Lipinski definition) is 8. The van der Waals surface area contributed by atoms with Crippen LogP contribution in [0.4, 0.5) is 8.78 Å². The minimum absolute atomic E-state index is 0.0146. The molecule has 1 unspecified atom stereocenters. The molecule has 284 valence electrons. The van der Waals surface area contributed by atoms with Crippen LogP contribution in [-0.4, -0.2) is 71.5 Å². The highest BCUT2D eigenvalue weighted by Crippen LogP contribution is 2.37. The average molecular weight is 732 g/mol. The third-order valence-corrected chi connectivity index (χ3v) is 10.8. The van der Waals surface area contributed by atoms with Crippen LogP contribution < -0.4 is 15.6 Å². The summed E-state index contributed by atoms with van der Waals surface area (Å²) in [6.07, 6.45) is 7.69. The number of aliphatic hydroxyl groups excluding tert-OH is 1. The van der Waals surface area contributed by atoms with Gasteiger partial charge in [0.1, 0.15) is 17.7 Å². The number of aromatic nitrogens is 1. The molecule has 4 heterocycles. The van der Waals surface area contributed by atoms with Gasteiger partial charge in [-0.15, -0.1) is 0 Å². The van der Waals surface area contributed by atoms with Crippen LogP contribution in [0.1, 0.15) is 92.9 Å². The third-order valence-electron chi connectivity index (χ3n) is 10.8. The normalized spacial score (nSPS) is 19.3. The van der Waals surface area contributed by atoms with Gasteiger partial charge in [-0.3, -0.25) is 14.5 Å². The van der Waals surface area contributed by atoms with Crippen molar-refractivity contribution >= 4 is 16.9 Å². The molecule has 3 aliphatic rings. The van der Waals surface area contributed by atoms with Crippen molar-refractivity contribution in [3.8, 4) is 11.5 Å². The van der Waals surface area contributed by atoms with Crippen LogP contribution in [0.15, 0.2) is 71.5 Å². The zero-order chi connectivity index (χ0) is 37.2. The summed E-state index contributed by atoms with van der Waals surface area (Å²) < 4.78 is 43.0. The molecule has 3 aliphatic heterocycles. The molecular formula is C42H51F2N3O6. The molecule has 0 aliphatic carbocycles. The van der Waals surface area contributed by atoms with Crippen molar-refractivity contribution in [1.29, 1.82) is 0 Å². The molecule has 0 amide bonds. The molecule has 3 atom stereocenters. The Morgan fingerprint density at radius 2 is 1.66 bits per heavy atom. The van der Waals surface area contributed by atoms with Crippen LogP contribution in [0.5, 0.6) is 11.5 Å². The Bertz CT molecular complexity index is 1860. The third kappa shape index (κ3) is 10.0. The Labute approximate surface area is 309 Å². The van der Waals surface area contributed by atoms with Gasteiger partial charge in [-0.25, -0.2) is 8.78 Å². The van der Waals surface area contributed by atoms with E-state index < -0.39 is 29.6 Å². The largest absolute Gasteiger partial charge is 0.506 e. The number of nitrogens with one attached hydrogen (secondary N) is 2. The number of aromatic amines is 1. The number of esters is 1. The number of phenols is 1. The number of benzene rings is 3. The number of rotatable bonds is 19. The molecule has 3 aromatic carbocycles. The van der Waals surface area contributed by atoms with Gasteiger partial charge >= 0.3 is 5.97 Å². The van der Waals surface area contributed by atoms with Gasteiger partial charge in [0.25, 0.3) is 0 Å². The summed E-state index contributed by atoms with van der Waals surface area (Å²) in [7, 11) is 0. The maximum Gasteiger partial charge on any atom is 0.307 e. The number of pyridine rings is 1. The van der Waals surface area contributed by atoms with Crippen molar-refractivity contribution < 1.29 is 33.3 Å². The number of carbonyl (C=O) groups is 1. The Balaban J connectivity index is 0.900. The van der Waals surface area contributed by atoms with Crippen LogP contribution in [0.3, 0.4) is 0 Å². The fourth-order valence-corrected chi connectivity index (χ4v) is 7.80. The van der Waals surface area contributed by atoms with Crippen molar-refractivity contribution in [2.24, 2.45) is 5.92 Å².